The van der Waals surface area contributed by atoms with Crippen LogP contribution in [0.1, 0.15) is 21.9 Å². The first-order valence-electron chi connectivity index (χ1n) is 5.80. The molecule has 1 nitrogen and oxygen atoms in total. The molecule has 0 aliphatic rings. The molecule has 1 heterocycles. The molecule has 0 amide bonds. The van der Waals surface area contributed by atoms with Crippen molar-refractivity contribution < 1.29 is 0 Å². The highest BCUT2D eigenvalue weighted by atomic mass is 35.5. The molecule has 2 rings (SSSR count). The van der Waals surface area contributed by atoms with E-state index in [4.69, 9.17) is 17.3 Å². The largest absolute Gasteiger partial charge is 0.327 e. The summed E-state index contributed by atoms with van der Waals surface area (Å²) in [5.74, 6) is 0. The second kappa shape index (κ2) is 6.11. The van der Waals surface area contributed by atoms with Crippen LogP contribution in [0.15, 0.2) is 41.3 Å². The minimum absolute atomic E-state index is 0.104. The Morgan fingerprint density at radius 2 is 2.06 bits per heavy atom. The minimum Gasteiger partial charge on any atom is -0.327 e. The standard InChI is InChI=1S/C14H16ClNS2/c1-9-6-7-13(17-9)14(10(2)16)18-12-5-3-4-11(15)8-12/h3-8,10,14H,16H2,1-2H3. The summed E-state index contributed by atoms with van der Waals surface area (Å²) in [6.07, 6.45) is 0. The molecule has 1 aromatic heterocycles. The first kappa shape index (κ1) is 13.9. The number of hydrogen-bond donors (Lipinski definition) is 1. The fourth-order valence-electron chi connectivity index (χ4n) is 1.72. The van der Waals surface area contributed by atoms with Gasteiger partial charge < -0.3 is 5.73 Å². The molecule has 2 atom stereocenters. The Morgan fingerprint density at radius 3 is 2.61 bits per heavy atom. The molecule has 0 spiro atoms. The molecule has 4 heteroatoms. The maximum absolute atomic E-state index is 6.12. The van der Waals surface area contributed by atoms with Crippen molar-refractivity contribution in [2.45, 2.75) is 30.0 Å². The lowest BCUT2D eigenvalue weighted by atomic mass is 10.2. The smallest absolute Gasteiger partial charge is 0.0586 e. The molecule has 2 N–H and O–H groups in total. The molecule has 2 unspecified atom stereocenters. The molecular weight excluding hydrogens is 282 g/mol. The lowest BCUT2D eigenvalue weighted by Gasteiger charge is -2.19. The van der Waals surface area contributed by atoms with E-state index in [0.717, 1.165) is 9.92 Å². The van der Waals surface area contributed by atoms with Gasteiger partial charge in [0.15, 0.2) is 0 Å². The zero-order valence-electron chi connectivity index (χ0n) is 10.4. The highest BCUT2D eigenvalue weighted by Gasteiger charge is 2.19. The van der Waals surface area contributed by atoms with Crippen LogP contribution in [0.5, 0.6) is 0 Å². The zero-order valence-corrected chi connectivity index (χ0v) is 12.8. The topological polar surface area (TPSA) is 26.0 Å². The Hall–Kier alpha value is -0.480. The molecule has 0 fully saturated rings. The molecule has 0 aliphatic carbocycles. The van der Waals surface area contributed by atoms with Crippen molar-refractivity contribution in [3.63, 3.8) is 0 Å². The van der Waals surface area contributed by atoms with Gasteiger partial charge in [0, 0.05) is 25.7 Å². The summed E-state index contributed by atoms with van der Waals surface area (Å²) >= 11 is 9.61. The Morgan fingerprint density at radius 1 is 1.28 bits per heavy atom. The van der Waals surface area contributed by atoms with Crippen LogP contribution >= 0.6 is 34.7 Å². The van der Waals surface area contributed by atoms with Crippen LogP contribution in [0.25, 0.3) is 0 Å². The van der Waals surface area contributed by atoms with Gasteiger partial charge >= 0.3 is 0 Å². The van der Waals surface area contributed by atoms with Crippen LogP contribution in [0, 0.1) is 6.92 Å². The predicted octanol–water partition coefficient (Wildman–Crippen LogP) is 4.89. The number of benzene rings is 1. The third-order valence-corrected chi connectivity index (χ3v) is 5.51. The first-order valence-corrected chi connectivity index (χ1v) is 7.88. The van der Waals surface area contributed by atoms with Gasteiger partial charge in [-0.15, -0.1) is 23.1 Å². The molecule has 0 saturated carbocycles. The fourth-order valence-corrected chi connectivity index (χ4v) is 4.29. The van der Waals surface area contributed by atoms with E-state index < -0.39 is 0 Å². The van der Waals surface area contributed by atoms with E-state index in [1.165, 1.54) is 9.75 Å². The lowest BCUT2D eigenvalue weighted by Crippen LogP contribution is -2.21. The van der Waals surface area contributed by atoms with Gasteiger partial charge in [-0.25, -0.2) is 0 Å². The Kier molecular flexibility index (Phi) is 4.73. The van der Waals surface area contributed by atoms with Gasteiger partial charge in [-0.2, -0.15) is 0 Å². The average Bonchev–Trinajstić information content (AvgIpc) is 2.72. The summed E-state index contributed by atoms with van der Waals surface area (Å²) in [6, 6.07) is 12.4. The third kappa shape index (κ3) is 3.51. The zero-order chi connectivity index (χ0) is 13.1. The lowest BCUT2D eigenvalue weighted by molar-refractivity contribution is 0.730. The van der Waals surface area contributed by atoms with Gasteiger partial charge in [0.1, 0.15) is 0 Å². The van der Waals surface area contributed by atoms with E-state index in [1.807, 2.05) is 29.5 Å². The van der Waals surface area contributed by atoms with Crippen molar-refractivity contribution in [3.05, 3.63) is 51.2 Å². The number of thioether (sulfide) groups is 1. The molecule has 0 bridgehead atoms. The van der Waals surface area contributed by atoms with Crippen molar-refractivity contribution in [1.29, 1.82) is 0 Å². The van der Waals surface area contributed by atoms with Gasteiger partial charge in [-0.1, -0.05) is 17.7 Å². The summed E-state index contributed by atoms with van der Waals surface area (Å²) in [4.78, 5) is 3.81. The van der Waals surface area contributed by atoms with Crippen molar-refractivity contribution in [3.8, 4) is 0 Å². The van der Waals surface area contributed by atoms with Crippen LogP contribution < -0.4 is 5.73 Å². The normalized spacial score (nSPS) is 14.4. The second-order valence-electron chi connectivity index (χ2n) is 4.30. The van der Waals surface area contributed by atoms with Gasteiger partial charge in [0.2, 0.25) is 0 Å². The van der Waals surface area contributed by atoms with Crippen LogP contribution in [-0.4, -0.2) is 6.04 Å². The number of nitrogens with two attached hydrogens (primary N) is 1. The van der Waals surface area contributed by atoms with Gasteiger partial charge in [-0.05, 0) is 44.2 Å². The Balaban J connectivity index is 2.22. The molecule has 1 aromatic carbocycles. The Bertz CT molecular complexity index is 522. The molecule has 0 aliphatic heterocycles. The number of rotatable bonds is 4. The summed E-state index contributed by atoms with van der Waals surface area (Å²) in [5.41, 5.74) is 6.12. The van der Waals surface area contributed by atoms with Crippen molar-refractivity contribution in [1.82, 2.24) is 0 Å². The van der Waals surface area contributed by atoms with Gasteiger partial charge in [0.25, 0.3) is 0 Å². The van der Waals surface area contributed by atoms with Gasteiger partial charge in [0.05, 0.1) is 5.25 Å². The summed E-state index contributed by atoms with van der Waals surface area (Å²) < 4.78 is 0. The maximum Gasteiger partial charge on any atom is 0.0586 e. The molecular formula is C14H16ClNS2. The van der Waals surface area contributed by atoms with Crippen LogP contribution in [0.4, 0.5) is 0 Å². The molecule has 0 radical (unpaired) electrons. The van der Waals surface area contributed by atoms with E-state index >= 15 is 0 Å². The number of thiophene rings is 1. The maximum atomic E-state index is 6.12. The first-order chi connectivity index (χ1) is 8.56. The SMILES string of the molecule is Cc1ccc(C(Sc2cccc(Cl)c2)C(C)N)s1. The van der Waals surface area contributed by atoms with Crippen LogP contribution in [-0.2, 0) is 0 Å². The predicted molar refractivity (Wildman–Crippen MR) is 82.8 cm³/mol. The monoisotopic (exact) mass is 297 g/mol. The number of hydrogen-bond acceptors (Lipinski definition) is 3. The summed E-state index contributed by atoms with van der Waals surface area (Å²) in [5, 5.41) is 1.05. The Labute approximate surface area is 121 Å². The summed E-state index contributed by atoms with van der Waals surface area (Å²) in [6.45, 7) is 4.17. The molecule has 2 aromatic rings. The second-order valence-corrected chi connectivity index (χ2v) is 7.27. The van der Waals surface area contributed by atoms with Crippen molar-refractivity contribution in [2.24, 2.45) is 5.73 Å². The van der Waals surface area contributed by atoms with E-state index in [-0.39, 0.29) is 11.3 Å². The fraction of sp³-hybridized carbons (Fsp3) is 0.286. The quantitative estimate of drug-likeness (QED) is 0.813. The third-order valence-electron chi connectivity index (χ3n) is 2.58. The highest BCUT2D eigenvalue weighted by molar-refractivity contribution is 7.99. The summed E-state index contributed by atoms with van der Waals surface area (Å²) in [7, 11) is 0. The van der Waals surface area contributed by atoms with Crippen LogP contribution in [0.3, 0.4) is 0 Å². The molecule has 0 saturated heterocycles. The number of aryl methyl sites for hydroxylation is 1. The van der Waals surface area contributed by atoms with E-state index in [2.05, 4.69) is 32.0 Å². The van der Waals surface area contributed by atoms with Crippen molar-refractivity contribution >= 4 is 34.7 Å². The highest BCUT2D eigenvalue weighted by Crippen LogP contribution is 2.40. The van der Waals surface area contributed by atoms with E-state index in [0.29, 0.717) is 0 Å². The number of halogens is 1. The van der Waals surface area contributed by atoms with E-state index in [1.54, 1.807) is 11.8 Å². The van der Waals surface area contributed by atoms with E-state index in [9.17, 15) is 0 Å². The van der Waals surface area contributed by atoms with Crippen molar-refractivity contribution in [2.75, 3.05) is 0 Å². The molecule has 18 heavy (non-hydrogen) atoms. The van der Waals surface area contributed by atoms with Crippen LogP contribution in [0.2, 0.25) is 5.02 Å². The molecule has 96 valence electrons. The van der Waals surface area contributed by atoms with Gasteiger partial charge in [-0.3, -0.25) is 0 Å². The minimum atomic E-state index is 0.104. The average molecular weight is 298 g/mol.